The molecule has 132 valence electrons. The van der Waals surface area contributed by atoms with Crippen molar-refractivity contribution in [3.63, 3.8) is 0 Å². The quantitative estimate of drug-likeness (QED) is 0.609. The Hall–Kier alpha value is -2.81. The van der Waals surface area contributed by atoms with Crippen LogP contribution in [0.25, 0.3) is 0 Å². The Morgan fingerprint density at radius 3 is 2.92 bits per heavy atom. The van der Waals surface area contributed by atoms with Crippen molar-refractivity contribution in [2.75, 3.05) is 19.6 Å². The van der Waals surface area contributed by atoms with E-state index < -0.39 is 6.04 Å². The second-order valence-electron chi connectivity index (χ2n) is 5.89. The van der Waals surface area contributed by atoms with E-state index in [1.807, 2.05) is 18.2 Å². The van der Waals surface area contributed by atoms with Gasteiger partial charge in [0.1, 0.15) is 0 Å². The molecule has 2 heterocycles. The second kappa shape index (κ2) is 8.34. The molecule has 1 saturated heterocycles. The predicted octanol–water partition coefficient (Wildman–Crippen LogP) is -0.751. The van der Waals surface area contributed by atoms with Gasteiger partial charge in [-0.05, 0) is 12.0 Å². The first-order valence-corrected chi connectivity index (χ1v) is 8.27. The number of rotatable bonds is 7. The highest BCUT2D eigenvalue weighted by molar-refractivity contribution is 5.88. The zero-order valence-electron chi connectivity index (χ0n) is 13.8. The number of nitrogens with zero attached hydrogens (tertiary/aromatic N) is 4. The smallest absolute Gasteiger partial charge is 0.237 e. The van der Waals surface area contributed by atoms with Gasteiger partial charge in [0, 0.05) is 19.6 Å². The summed E-state index contributed by atoms with van der Waals surface area (Å²) in [5, 5.41) is 18.9. The summed E-state index contributed by atoms with van der Waals surface area (Å²) in [6.07, 6.45) is 0.952. The summed E-state index contributed by atoms with van der Waals surface area (Å²) in [6, 6.07) is 9.66. The van der Waals surface area contributed by atoms with E-state index >= 15 is 0 Å². The van der Waals surface area contributed by atoms with Gasteiger partial charge in [0.05, 0.1) is 19.0 Å². The van der Waals surface area contributed by atoms with Crippen molar-refractivity contribution in [2.45, 2.75) is 25.4 Å². The number of aromatic nitrogens is 4. The number of carbonyl (C=O) groups is 2. The topological polar surface area (TPSA) is 116 Å². The first-order chi connectivity index (χ1) is 12.2. The van der Waals surface area contributed by atoms with E-state index in [2.05, 4.69) is 48.3 Å². The van der Waals surface area contributed by atoms with Crippen molar-refractivity contribution in [1.29, 1.82) is 0 Å². The van der Waals surface area contributed by atoms with Crippen LogP contribution in [0.5, 0.6) is 0 Å². The van der Waals surface area contributed by atoms with E-state index in [0.29, 0.717) is 12.4 Å². The summed E-state index contributed by atoms with van der Waals surface area (Å²) in [5.41, 5.74) is 1.22. The molecule has 1 aliphatic rings. The number of aromatic amines is 1. The van der Waals surface area contributed by atoms with Crippen molar-refractivity contribution >= 4 is 11.8 Å². The van der Waals surface area contributed by atoms with Gasteiger partial charge in [0.2, 0.25) is 11.8 Å². The Morgan fingerprint density at radius 1 is 1.32 bits per heavy atom. The Bertz CT molecular complexity index is 690. The molecule has 0 bridgehead atoms. The number of piperazine rings is 1. The summed E-state index contributed by atoms with van der Waals surface area (Å²) < 4.78 is 0. The number of nitrogens with one attached hydrogen (secondary N) is 3. The van der Waals surface area contributed by atoms with Gasteiger partial charge < -0.3 is 10.6 Å². The number of hydrogen-bond donors (Lipinski definition) is 3. The van der Waals surface area contributed by atoms with Crippen LogP contribution in [0.3, 0.4) is 0 Å². The van der Waals surface area contributed by atoms with Crippen LogP contribution >= 0.6 is 0 Å². The van der Waals surface area contributed by atoms with Crippen LogP contribution in [-0.4, -0.2) is 63.0 Å². The average molecular weight is 343 g/mol. The van der Waals surface area contributed by atoms with Crippen LogP contribution in [0.15, 0.2) is 30.3 Å². The molecule has 1 aliphatic heterocycles. The second-order valence-corrected chi connectivity index (χ2v) is 5.89. The van der Waals surface area contributed by atoms with E-state index in [9.17, 15) is 9.59 Å². The molecule has 1 fully saturated rings. The average Bonchev–Trinajstić information content (AvgIpc) is 3.15. The van der Waals surface area contributed by atoms with Gasteiger partial charge in [-0.2, -0.15) is 5.21 Å². The SMILES string of the molecule is O=C(CC1C(=O)NCCN1CCc1ccccc1)NCc1nn[nH]n1. The number of tetrazole rings is 1. The van der Waals surface area contributed by atoms with Crippen molar-refractivity contribution in [3.8, 4) is 0 Å². The van der Waals surface area contributed by atoms with Crippen molar-refractivity contribution < 1.29 is 9.59 Å². The third-order valence-corrected chi connectivity index (χ3v) is 4.18. The van der Waals surface area contributed by atoms with Gasteiger partial charge in [-0.1, -0.05) is 35.5 Å². The molecule has 1 aromatic carbocycles. The van der Waals surface area contributed by atoms with E-state index in [-0.39, 0.29) is 24.8 Å². The summed E-state index contributed by atoms with van der Waals surface area (Å²) in [7, 11) is 0. The van der Waals surface area contributed by atoms with Gasteiger partial charge in [-0.25, -0.2) is 0 Å². The molecular weight excluding hydrogens is 322 g/mol. The van der Waals surface area contributed by atoms with Crippen LogP contribution in [0.4, 0.5) is 0 Å². The minimum Gasteiger partial charge on any atom is -0.353 e. The standard InChI is InChI=1S/C16H21N7O2/c24-15(18-11-14-19-21-22-20-14)10-13-16(25)17-7-9-23(13)8-6-12-4-2-1-3-5-12/h1-5,13H,6-11H2,(H,17,25)(H,18,24)(H,19,20,21,22). The predicted molar refractivity (Wildman–Crippen MR) is 89.2 cm³/mol. The largest absolute Gasteiger partial charge is 0.353 e. The van der Waals surface area contributed by atoms with E-state index in [0.717, 1.165) is 19.5 Å². The van der Waals surface area contributed by atoms with Crippen LogP contribution in [0.1, 0.15) is 17.8 Å². The molecule has 1 aromatic heterocycles. The first-order valence-electron chi connectivity index (χ1n) is 8.27. The highest BCUT2D eigenvalue weighted by atomic mass is 16.2. The van der Waals surface area contributed by atoms with Gasteiger partial charge in [-0.15, -0.1) is 10.2 Å². The number of carbonyl (C=O) groups excluding carboxylic acids is 2. The molecule has 25 heavy (non-hydrogen) atoms. The molecule has 1 atom stereocenters. The highest BCUT2D eigenvalue weighted by Crippen LogP contribution is 2.11. The lowest BCUT2D eigenvalue weighted by atomic mass is 10.1. The fourth-order valence-corrected chi connectivity index (χ4v) is 2.85. The van der Waals surface area contributed by atoms with E-state index in [1.54, 1.807) is 0 Å². The monoisotopic (exact) mass is 343 g/mol. The van der Waals surface area contributed by atoms with Crippen LogP contribution in [0.2, 0.25) is 0 Å². The number of benzene rings is 1. The molecule has 3 N–H and O–H groups in total. The third kappa shape index (κ3) is 4.83. The van der Waals surface area contributed by atoms with Crippen LogP contribution in [-0.2, 0) is 22.6 Å². The molecule has 2 aromatic rings. The fourth-order valence-electron chi connectivity index (χ4n) is 2.85. The molecule has 2 amide bonds. The zero-order chi connectivity index (χ0) is 17.5. The van der Waals surface area contributed by atoms with Crippen LogP contribution < -0.4 is 10.6 Å². The van der Waals surface area contributed by atoms with Crippen molar-refractivity contribution in [2.24, 2.45) is 0 Å². The zero-order valence-corrected chi connectivity index (χ0v) is 13.8. The summed E-state index contributed by atoms with van der Waals surface area (Å²) in [4.78, 5) is 26.4. The minimum absolute atomic E-state index is 0.103. The normalized spacial score (nSPS) is 17.9. The molecule has 1 unspecified atom stereocenters. The number of amides is 2. The van der Waals surface area contributed by atoms with E-state index in [1.165, 1.54) is 5.56 Å². The molecule has 3 rings (SSSR count). The third-order valence-electron chi connectivity index (χ3n) is 4.18. The minimum atomic E-state index is -0.456. The lowest BCUT2D eigenvalue weighted by molar-refractivity contribution is -0.134. The Morgan fingerprint density at radius 2 is 2.16 bits per heavy atom. The molecule has 0 radical (unpaired) electrons. The summed E-state index contributed by atoms with van der Waals surface area (Å²) in [5.74, 6) is 0.0907. The maximum absolute atomic E-state index is 12.2. The van der Waals surface area contributed by atoms with Crippen molar-refractivity contribution in [1.82, 2.24) is 36.2 Å². The highest BCUT2D eigenvalue weighted by Gasteiger charge is 2.31. The summed E-state index contributed by atoms with van der Waals surface area (Å²) >= 11 is 0. The maximum Gasteiger partial charge on any atom is 0.237 e. The fraction of sp³-hybridized carbons (Fsp3) is 0.438. The number of H-pyrrole nitrogens is 1. The maximum atomic E-state index is 12.2. The van der Waals surface area contributed by atoms with Gasteiger partial charge in [0.15, 0.2) is 5.82 Å². The molecule has 9 nitrogen and oxygen atoms in total. The Labute approximate surface area is 145 Å². The van der Waals surface area contributed by atoms with Gasteiger partial charge in [-0.3, -0.25) is 14.5 Å². The van der Waals surface area contributed by atoms with E-state index in [4.69, 9.17) is 0 Å². The van der Waals surface area contributed by atoms with Gasteiger partial charge in [0.25, 0.3) is 0 Å². The number of hydrogen-bond acceptors (Lipinski definition) is 6. The van der Waals surface area contributed by atoms with Gasteiger partial charge >= 0.3 is 0 Å². The molecule has 9 heteroatoms. The van der Waals surface area contributed by atoms with Crippen LogP contribution in [0, 0.1) is 0 Å². The first kappa shape index (κ1) is 17.0. The molecule has 0 saturated carbocycles. The van der Waals surface area contributed by atoms with Crippen molar-refractivity contribution in [3.05, 3.63) is 41.7 Å². The summed E-state index contributed by atoms with van der Waals surface area (Å²) in [6.45, 7) is 2.27. The molecule has 0 spiro atoms. The molecular formula is C16H21N7O2. The lowest BCUT2D eigenvalue weighted by Gasteiger charge is -2.34. The molecule has 0 aliphatic carbocycles. The Balaban J connectivity index is 1.53. The Kier molecular flexibility index (Phi) is 5.68. The lowest BCUT2D eigenvalue weighted by Crippen LogP contribution is -2.56.